The summed E-state index contributed by atoms with van der Waals surface area (Å²) in [5.41, 5.74) is -1.90. The molecule has 0 saturated carbocycles. The molecule has 1 saturated heterocycles. The Morgan fingerprint density at radius 2 is 1.53 bits per heavy atom. The van der Waals surface area contributed by atoms with Gasteiger partial charge in [0.15, 0.2) is 5.41 Å². The summed E-state index contributed by atoms with van der Waals surface area (Å²) >= 11 is 0. The van der Waals surface area contributed by atoms with E-state index >= 15 is 0 Å². The van der Waals surface area contributed by atoms with E-state index in [-0.39, 0.29) is 64.8 Å². The first-order valence-electron chi connectivity index (χ1n) is 9.89. The van der Waals surface area contributed by atoms with Crippen molar-refractivity contribution in [3.8, 4) is 11.5 Å². The number of ether oxygens (including phenoxy) is 2. The minimum Gasteiger partial charge on any atom is -1.00 e. The van der Waals surface area contributed by atoms with Gasteiger partial charge in [-0.2, -0.15) is 0 Å². The number of alkyl halides is 2. The summed E-state index contributed by atoms with van der Waals surface area (Å²) in [5.74, 6) is -0.379. The van der Waals surface area contributed by atoms with Crippen LogP contribution in [-0.4, -0.2) is 37.6 Å². The number of fused-ring (bicyclic) bond motifs is 4. The molecule has 30 heavy (non-hydrogen) atoms. The molecule has 2 atom stereocenters. The number of quaternary nitrogens is 1. The number of carbonyl (C=O) groups excluding carboxylic acids is 1. The largest absolute Gasteiger partial charge is 1.00 e. The average Bonchev–Trinajstić information content (AvgIpc) is 2.92. The van der Waals surface area contributed by atoms with Gasteiger partial charge in [-0.3, -0.25) is 4.79 Å². The molecule has 2 bridgehead atoms. The summed E-state index contributed by atoms with van der Waals surface area (Å²) in [6.07, 6.45) is 2.20. The fourth-order valence-electron chi connectivity index (χ4n) is 4.95. The third-order valence-corrected chi connectivity index (χ3v) is 6.55. The van der Waals surface area contributed by atoms with Crippen molar-refractivity contribution in [1.29, 1.82) is 0 Å². The van der Waals surface area contributed by atoms with Crippen LogP contribution >= 0.6 is 0 Å². The minimum absolute atomic E-state index is 0. The number of benzene rings is 2. The molecule has 4 nitrogen and oxygen atoms in total. The van der Waals surface area contributed by atoms with Crippen LogP contribution in [0.15, 0.2) is 60.7 Å². The SMILES string of the molecule is C[NH+]1C2C=CC1CC(OC(=O)C1(C(F)F)c3ccccc3Oc3ccccc31)C2.[I-]. The Morgan fingerprint density at radius 3 is 2.03 bits per heavy atom. The van der Waals surface area contributed by atoms with E-state index < -0.39 is 17.8 Å². The number of hydrogen-bond acceptors (Lipinski definition) is 3. The van der Waals surface area contributed by atoms with Crippen LogP contribution in [0.5, 0.6) is 11.5 Å². The molecule has 0 radical (unpaired) electrons. The fourth-order valence-corrected chi connectivity index (χ4v) is 4.95. The zero-order valence-corrected chi connectivity index (χ0v) is 18.5. The summed E-state index contributed by atoms with van der Waals surface area (Å²) < 4.78 is 41.2. The predicted octanol–water partition coefficient (Wildman–Crippen LogP) is -0.125. The molecule has 0 aliphatic carbocycles. The normalized spacial score (nSPS) is 27.5. The van der Waals surface area contributed by atoms with Gasteiger partial charge in [0.25, 0.3) is 6.43 Å². The number of esters is 1. The molecule has 7 heteroatoms. The van der Waals surface area contributed by atoms with Crippen molar-refractivity contribution >= 4 is 5.97 Å². The van der Waals surface area contributed by atoms with Crippen LogP contribution in [-0.2, 0) is 14.9 Å². The third kappa shape index (κ3) is 3.05. The number of piperidine rings is 1. The molecule has 1 fully saturated rings. The highest BCUT2D eigenvalue weighted by molar-refractivity contribution is 5.91. The van der Waals surface area contributed by atoms with Crippen LogP contribution in [0.1, 0.15) is 24.0 Å². The van der Waals surface area contributed by atoms with Gasteiger partial charge in [-0.15, -0.1) is 0 Å². The highest BCUT2D eigenvalue weighted by Gasteiger charge is 2.57. The van der Waals surface area contributed by atoms with Gasteiger partial charge in [-0.1, -0.05) is 36.4 Å². The minimum atomic E-state index is -2.98. The predicted molar refractivity (Wildman–Crippen MR) is 102 cm³/mol. The lowest BCUT2D eigenvalue weighted by Gasteiger charge is -2.39. The lowest BCUT2D eigenvalue weighted by atomic mass is 9.72. The lowest BCUT2D eigenvalue weighted by molar-refractivity contribution is -0.918. The van der Waals surface area contributed by atoms with Crippen molar-refractivity contribution in [2.45, 2.75) is 42.9 Å². The molecular weight excluding hydrogens is 503 g/mol. The molecule has 3 heterocycles. The molecule has 2 unspecified atom stereocenters. The summed E-state index contributed by atoms with van der Waals surface area (Å²) in [7, 11) is 2.11. The Morgan fingerprint density at radius 1 is 1.03 bits per heavy atom. The first-order valence-corrected chi connectivity index (χ1v) is 9.89. The standard InChI is InChI=1S/C23H21F2NO3.HI/c1-26-14-10-11-15(26)13-16(12-14)28-22(27)23(21(24)25)17-6-2-4-8-19(17)29-20-9-5-3-7-18(20)23;/h2-11,14-16,21H,12-13H2,1H3;1H. The lowest BCUT2D eigenvalue weighted by Crippen LogP contribution is -3.16. The summed E-state index contributed by atoms with van der Waals surface area (Å²) in [6.45, 7) is 0. The van der Waals surface area contributed by atoms with E-state index in [9.17, 15) is 13.6 Å². The van der Waals surface area contributed by atoms with E-state index in [1.807, 2.05) is 0 Å². The molecule has 2 aromatic carbocycles. The molecule has 0 amide bonds. The summed E-state index contributed by atoms with van der Waals surface area (Å²) in [4.78, 5) is 14.8. The molecule has 0 aromatic heterocycles. The van der Waals surface area contributed by atoms with E-state index in [4.69, 9.17) is 9.47 Å². The smallest absolute Gasteiger partial charge is 0.327 e. The second kappa shape index (κ2) is 7.92. The fraction of sp³-hybridized carbons (Fsp3) is 0.348. The quantitative estimate of drug-likeness (QED) is 0.345. The third-order valence-electron chi connectivity index (χ3n) is 6.55. The van der Waals surface area contributed by atoms with Gasteiger partial charge in [0, 0.05) is 24.0 Å². The first kappa shape index (κ1) is 21.2. The first-order chi connectivity index (χ1) is 14.0. The van der Waals surface area contributed by atoms with Crippen LogP contribution in [0.4, 0.5) is 8.78 Å². The van der Waals surface area contributed by atoms with Gasteiger partial charge in [-0.05, 0) is 24.3 Å². The zero-order valence-electron chi connectivity index (χ0n) is 16.4. The number of halogens is 3. The van der Waals surface area contributed by atoms with Crippen LogP contribution in [0.3, 0.4) is 0 Å². The van der Waals surface area contributed by atoms with Crippen LogP contribution in [0.25, 0.3) is 0 Å². The molecule has 3 aliphatic rings. The van der Waals surface area contributed by atoms with E-state index in [0.29, 0.717) is 12.8 Å². The van der Waals surface area contributed by atoms with Gasteiger partial charge >= 0.3 is 5.97 Å². The number of likely N-dealkylation sites (N-methyl/N-ethyl adjacent to an activating group) is 1. The maximum Gasteiger partial charge on any atom is 0.327 e. The second-order valence-corrected chi connectivity index (χ2v) is 8.04. The number of nitrogens with one attached hydrogen (secondary N) is 1. The van der Waals surface area contributed by atoms with E-state index in [1.165, 1.54) is 17.0 Å². The van der Waals surface area contributed by atoms with Crippen molar-refractivity contribution in [2.24, 2.45) is 0 Å². The van der Waals surface area contributed by atoms with Crippen molar-refractivity contribution in [3.63, 3.8) is 0 Å². The van der Waals surface area contributed by atoms with Gasteiger partial charge in [0.1, 0.15) is 29.7 Å². The number of hydrogen-bond donors (Lipinski definition) is 1. The maximum absolute atomic E-state index is 14.8. The van der Waals surface area contributed by atoms with E-state index in [1.54, 1.807) is 36.4 Å². The molecule has 5 rings (SSSR count). The molecular formula is C23H22F2INO3. The number of para-hydroxylation sites is 2. The van der Waals surface area contributed by atoms with Gasteiger partial charge in [-0.25, -0.2) is 8.78 Å². The van der Waals surface area contributed by atoms with Gasteiger partial charge in [0.05, 0.1) is 7.05 Å². The monoisotopic (exact) mass is 525 g/mol. The Balaban J connectivity index is 0.00000218. The van der Waals surface area contributed by atoms with Crippen molar-refractivity contribution in [3.05, 3.63) is 71.8 Å². The molecule has 1 N–H and O–H groups in total. The van der Waals surface area contributed by atoms with Crippen molar-refractivity contribution in [2.75, 3.05) is 7.05 Å². The number of carbonyl (C=O) groups is 1. The van der Waals surface area contributed by atoms with Crippen LogP contribution < -0.4 is 33.6 Å². The van der Waals surface area contributed by atoms with Crippen molar-refractivity contribution < 1.29 is 51.9 Å². The highest BCUT2D eigenvalue weighted by Crippen LogP contribution is 2.52. The molecule has 2 aromatic rings. The van der Waals surface area contributed by atoms with E-state index in [0.717, 1.165) is 0 Å². The molecule has 3 aliphatic heterocycles. The topological polar surface area (TPSA) is 40.0 Å². The second-order valence-electron chi connectivity index (χ2n) is 8.04. The average molecular weight is 525 g/mol. The summed E-state index contributed by atoms with van der Waals surface area (Å²) in [5, 5.41) is 0. The van der Waals surface area contributed by atoms with Gasteiger partial charge in [0.2, 0.25) is 0 Å². The van der Waals surface area contributed by atoms with E-state index in [2.05, 4.69) is 19.2 Å². The number of rotatable bonds is 3. The zero-order chi connectivity index (χ0) is 20.2. The Bertz CT molecular complexity index is 934. The van der Waals surface area contributed by atoms with Crippen LogP contribution in [0.2, 0.25) is 0 Å². The molecule has 0 spiro atoms. The summed E-state index contributed by atoms with van der Waals surface area (Å²) in [6, 6.07) is 13.5. The van der Waals surface area contributed by atoms with Crippen LogP contribution in [0, 0.1) is 0 Å². The Hall–Kier alpha value is -2.00. The molecule has 158 valence electrons. The maximum atomic E-state index is 14.8. The highest BCUT2D eigenvalue weighted by atomic mass is 127. The Labute approximate surface area is 190 Å². The van der Waals surface area contributed by atoms with Crippen molar-refractivity contribution in [1.82, 2.24) is 0 Å². The Kier molecular flexibility index (Phi) is 5.61. The van der Waals surface area contributed by atoms with Gasteiger partial charge < -0.3 is 38.4 Å².